The van der Waals surface area contributed by atoms with Gasteiger partial charge in [0.2, 0.25) is 0 Å². The van der Waals surface area contributed by atoms with Crippen LogP contribution in [-0.4, -0.2) is 70.0 Å². The highest BCUT2D eigenvalue weighted by molar-refractivity contribution is 6.40. The van der Waals surface area contributed by atoms with E-state index in [1.807, 2.05) is 0 Å². The molecule has 0 radical (unpaired) electrons. The Morgan fingerprint density at radius 2 is 1.76 bits per heavy atom. The van der Waals surface area contributed by atoms with Crippen LogP contribution in [0.2, 0.25) is 6.32 Å². The first kappa shape index (κ1) is 27.1. The minimum Gasteiger partial charge on any atom is -0.480 e. The quantitative estimate of drug-likeness (QED) is 0.254. The summed E-state index contributed by atoms with van der Waals surface area (Å²) in [6.07, 6.45) is 5.04. The Balaban J connectivity index is 0. The number of carboxylic acids is 1. The van der Waals surface area contributed by atoms with E-state index in [-0.39, 0.29) is 37.7 Å². The topological polar surface area (TPSA) is 127 Å². The van der Waals surface area contributed by atoms with Crippen LogP contribution in [0.4, 0.5) is 0 Å². The second-order valence-corrected chi connectivity index (χ2v) is 6.73. The molecular weight excluding hydrogens is 370 g/mol. The smallest absolute Gasteiger partial charge is 0.451 e. The summed E-state index contributed by atoms with van der Waals surface area (Å²) < 4.78 is 0. The number of carboxylic acid groups (broad SMARTS) is 1. The number of aliphatic hydroxyl groups is 1. The van der Waals surface area contributed by atoms with Gasteiger partial charge in [-0.1, -0.05) is 12.8 Å². The van der Waals surface area contributed by atoms with E-state index >= 15 is 0 Å². The molecule has 0 saturated carbocycles. The minimum atomic E-state index is -1.34. The number of hydrogen-bond donors (Lipinski definition) is 5. The Bertz CT molecular complexity index is 361. The molecule has 0 aromatic rings. The van der Waals surface area contributed by atoms with E-state index in [1.165, 1.54) is 0 Å². The van der Waals surface area contributed by atoms with Gasteiger partial charge < -0.3 is 30.9 Å². The SMILES string of the molecule is Cl.Cl.N[C@](CCCCB(O)O)(CCN1CCC(CCO)CC1)C(=O)O. The van der Waals surface area contributed by atoms with E-state index in [2.05, 4.69) is 4.90 Å². The monoisotopic (exact) mass is 402 g/mol. The average molecular weight is 403 g/mol. The Morgan fingerprint density at radius 1 is 1.16 bits per heavy atom. The summed E-state index contributed by atoms with van der Waals surface area (Å²) in [5.74, 6) is -0.416. The van der Waals surface area contributed by atoms with Crippen molar-refractivity contribution in [3.63, 3.8) is 0 Å². The van der Waals surface area contributed by atoms with Crippen LogP contribution in [0, 0.1) is 5.92 Å². The van der Waals surface area contributed by atoms with Crippen LogP contribution in [0.1, 0.15) is 44.9 Å². The van der Waals surface area contributed by atoms with Gasteiger partial charge in [-0.3, -0.25) is 4.79 Å². The number of piperidine rings is 1. The molecule has 0 bridgehead atoms. The van der Waals surface area contributed by atoms with Crippen LogP contribution in [0.15, 0.2) is 0 Å². The second-order valence-electron chi connectivity index (χ2n) is 6.73. The lowest BCUT2D eigenvalue weighted by molar-refractivity contribution is -0.144. The van der Waals surface area contributed by atoms with E-state index in [1.54, 1.807) is 0 Å². The predicted molar refractivity (Wildman–Crippen MR) is 103 cm³/mol. The third kappa shape index (κ3) is 10.6. The molecule has 25 heavy (non-hydrogen) atoms. The van der Waals surface area contributed by atoms with Crippen molar-refractivity contribution in [1.29, 1.82) is 0 Å². The van der Waals surface area contributed by atoms with E-state index in [9.17, 15) is 9.90 Å². The number of likely N-dealkylation sites (tertiary alicyclic amines) is 1. The molecular formula is C15H33BCl2N2O5. The van der Waals surface area contributed by atoms with E-state index in [0.717, 1.165) is 32.4 Å². The molecule has 0 aliphatic carbocycles. The number of nitrogens with two attached hydrogens (primary N) is 1. The molecule has 0 aromatic heterocycles. The highest BCUT2D eigenvalue weighted by Crippen LogP contribution is 2.23. The number of aliphatic hydroxyl groups excluding tert-OH is 1. The molecule has 0 aromatic carbocycles. The third-order valence-electron chi connectivity index (χ3n) is 4.88. The van der Waals surface area contributed by atoms with Crippen LogP contribution >= 0.6 is 24.8 Å². The fourth-order valence-corrected chi connectivity index (χ4v) is 3.15. The highest BCUT2D eigenvalue weighted by atomic mass is 35.5. The molecule has 1 rings (SSSR count). The van der Waals surface area contributed by atoms with Crippen molar-refractivity contribution in [1.82, 2.24) is 4.90 Å². The summed E-state index contributed by atoms with van der Waals surface area (Å²) in [7, 11) is -1.34. The minimum absolute atomic E-state index is 0. The lowest BCUT2D eigenvalue weighted by Gasteiger charge is -2.34. The first-order valence-electron chi connectivity index (χ1n) is 8.59. The molecule has 1 atom stereocenters. The zero-order valence-corrected chi connectivity index (χ0v) is 16.3. The van der Waals surface area contributed by atoms with Gasteiger partial charge in [-0.2, -0.15) is 0 Å². The lowest BCUT2D eigenvalue weighted by atomic mass is 9.81. The zero-order valence-electron chi connectivity index (χ0n) is 14.7. The Morgan fingerprint density at radius 3 is 2.24 bits per heavy atom. The summed E-state index contributed by atoms with van der Waals surface area (Å²) in [5, 5.41) is 36.0. The molecule has 1 aliphatic heterocycles. The van der Waals surface area contributed by atoms with Crippen molar-refractivity contribution >= 4 is 37.9 Å². The van der Waals surface area contributed by atoms with Crippen LogP contribution in [0.25, 0.3) is 0 Å². The zero-order chi connectivity index (χ0) is 17.3. The summed E-state index contributed by atoms with van der Waals surface area (Å²) in [6, 6.07) is 0. The maximum absolute atomic E-state index is 11.5. The molecule has 1 aliphatic rings. The van der Waals surface area contributed by atoms with Gasteiger partial charge in [-0.15, -0.1) is 24.8 Å². The van der Waals surface area contributed by atoms with Crippen molar-refractivity contribution in [3.8, 4) is 0 Å². The van der Waals surface area contributed by atoms with Crippen LogP contribution in [-0.2, 0) is 4.79 Å². The summed E-state index contributed by atoms with van der Waals surface area (Å²) in [5.41, 5.74) is 4.82. The molecule has 10 heteroatoms. The molecule has 7 nitrogen and oxygen atoms in total. The van der Waals surface area contributed by atoms with Crippen LogP contribution in [0.3, 0.4) is 0 Å². The van der Waals surface area contributed by atoms with Gasteiger partial charge in [-0.25, -0.2) is 0 Å². The average Bonchev–Trinajstić information content (AvgIpc) is 2.51. The van der Waals surface area contributed by atoms with Gasteiger partial charge in [0, 0.05) is 13.2 Å². The lowest BCUT2D eigenvalue weighted by Crippen LogP contribution is -2.50. The number of aliphatic carboxylic acids is 1. The molecule has 150 valence electrons. The molecule has 1 saturated heterocycles. The first-order chi connectivity index (χ1) is 10.9. The molecule has 1 fully saturated rings. The molecule has 1 heterocycles. The van der Waals surface area contributed by atoms with Crippen LogP contribution in [0.5, 0.6) is 0 Å². The van der Waals surface area contributed by atoms with Gasteiger partial charge in [0.15, 0.2) is 0 Å². The van der Waals surface area contributed by atoms with Gasteiger partial charge in [-0.05, 0) is 57.4 Å². The molecule has 0 unspecified atom stereocenters. The van der Waals surface area contributed by atoms with E-state index < -0.39 is 18.6 Å². The number of hydrogen-bond acceptors (Lipinski definition) is 6. The van der Waals surface area contributed by atoms with Gasteiger partial charge >= 0.3 is 13.1 Å². The summed E-state index contributed by atoms with van der Waals surface area (Å²) >= 11 is 0. The molecule has 0 amide bonds. The standard InChI is InChI=1S/C15H31BN2O5.2ClH/c17-15(14(20)21,6-1-2-8-16(22)23)7-11-18-9-3-13(4-10-18)5-12-19;;/h13,19,22-23H,1-12,17H2,(H,20,21);2*1H/t15-;;/m1../s1. The van der Waals surface area contributed by atoms with Crippen LogP contribution < -0.4 is 5.73 Å². The van der Waals surface area contributed by atoms with E-state index in [4.69, 9.17) is 20.9 Å². The Hall–Kier alpha value is -0.0851. The number of carbonyl (C=O) groups is 1. The number of rotatable bonds is 11. The maximum Gasteiger partial charge on any atom is 0.451 e. The van der Waals surface area contributed by atoms with E-state index in [0.29, 0.717) is 38.1 Å². The first-order valence-corrected chi connectivity index (χ1v) is 8.59. The fraction of sp³-hybridized carbons (Fsp3) is 0.933. The number of unbranched alkanes of at least 4 members (excludes halogenated alkanes) is 1. The normalized spacial score (nSPS) is 17.9. The van der Waals surface area contributed by atoms with Gasteiger partial charge in [0.05, 0.1) is 0 Å². The summed E-state index contributed by atoms with van der Waals surface area (Å²) in [6.45, 7) is 2.75. The summed E-state index contributed by atoms with van der Waals surface area (Å²) in [4.78, 5) is 13.7. The Labute approximate surface area is 162 Å². The molecule has 0 spiro atoms. The highest BCUT2D eigenvalue weighted by Gasteiger charge is 2.34. The largest absolute Gasteiger partial charge is 0.480 e. The predicted octanol–water partition coefficient (Wildman–Crippen LogP) is 0.740. The number of halogens is 2. The Kier molecular flexibility index (Phi) is 15.2. The fourth-order valence-electron chi connectivity index (χ4n) is 3.15. The van der Waals surface area contributed by atoms with Crippen molar-refractivity contribution in [2.75, 3.05) is 26.2 Å². The maximum atomic E-state index is 11.5. The number of nitrogens with zero attached hydrogens (tertiary/aromatic N) is 1. The second kappa shape index (κ2) is 14.0. The third-order valence-corrected chi connectivity index (χ3v) is 4.88. The van der Waals surface area contributed by atoms with Crippen molar-refractivity contribution in [3.05, 3.63) is 0 Å². The van der Waals surface area contributed by atoms with Gasteiger partial charge in [0.1, 0.15) is 5.54 Å². The van der Waals surface area contributed by atoms with Crippen molar-refractivity contribution in [2.24, 2.45) is 11.7 Å². The van der Waals surface area contributed by atoms with Gasteiger partial charge in [0.25, 0.3) is 0 Å². The van der Waals surface area contributed by atoms with Crippen molar-refractivity contribution in [2.45, 2.75) is 56.8 Å². The van der Waals surface area contributed by atoms with Crippen molar-refractivity contribution < 1.29 is 25.1 Å². The molecule has 6 N–H and O–H groups in total.